The van der Waals surface area contributed by atoms with Crippen LogP contribution in [0.2, 0.25) is 0 Å². The van der Waals surface area contributed by atoms with Gasteiger partial charge in [0.2, 0.25) is 15.9 Å². The molecule has 0 bridgehead atoms. The Balaban J connectivity index is 3.30. The molecule has 0 heterocycles. The van der Waals surface area contributed by atoms with Gasteiger partial charge in [-0.25, -0.2) is 8.42 Å². The van der Waals surface area contributed by atoms with Gasteiger partial charge < -0.3 is 10.2 Å². The fourth-order valence-corrected chi connectivity index (χ4v) is 3.80. The normalized spacial score (nSPS) is 11.6. The van der Waals surface area contributed by atoms with Crippen molar-refractivity contribution < 1.29 is 13.2 Å². The smallest absolute Gasteiger partial charge is 0.243 e. The topological polar surface area (TPSA) is 69.7 Å². The van der Waals surface area contributed by atoms with Gasteiger partial charge in [-0.15, -0.1) is 0 Å². The van der Waals surface area contributed by atoms with Crippen LogP contribution < -0.4 is 10.2 Å². The second-order valence-electron chi connectivity index (χ2n) is 5.46. The van der Waals surface area contributed by atoms with E-state index in [4.69, 9.17) is 0 Å². The number of carbonyl (C=O) groups excluding carboxylic acids is 1. The second-order valence-corrected chi connectivity index (χ2v) is 7.40. The van der Waals surface area contributed by atoms with Gasteiger partial charge >= 0.3 is 0 Å². The van der Waals surface area contributed by atoms with E-state index < -0.39 is 10.0 Å². The summed E-state index contributed by atoms with van der Waals surface area (Å²) >= 11 is 0. The van der Waals surface area contributed by atoms with Crippen LogP contribution in [0.3, 0.4) is 0 Å². The molecule has 1 N–H and O–H groups in total. The van der Waals surface area contributed by atoms with Crippen molar-refractivity contribution in [2.24, 2.45) is 0 Å². The lowest BCUT2D eigenvalue weighted by Crippen LogP contribution is -2.30. The quantitative estimate of drug-likeness (QED) is 0.789. The first-order valence-corrected chi connectivity index (χ1v) is 9.33. The molecule has 0 fully saturated rings. The minimum Gasteiger partial charge on any atom is -0.376 e. The molecule has 130 valence electrons. The van der Waals surface area contributed by atoms with Crippen LogP contribution >= 0.6 is 0 Å². The first-order chi connectivity index (χ1) is 10.8. The van der Waals surface area contributed by atoms with Gasteiger partial charge in [-0.05, 0) is 24.6 Å². The van der Waals surface area contributed by atoms with Gasteiger partial charge in [0.05, 0.1) is 16.3 Å². The van der Waals surface area contributed by atoms with Crippen molar-refractivity contribution in [2.45, 2.75) is 38.5 Å². The number of carbonyl (C=O) groups is 1. The Labute approximate surface area is 139 Å². The Kier molecular flexibility index (Phi) is 7.02. The van der Waals surface area contributed by atoms with Crippen LogP contribution in [-0.4, -0.2) is 45.8 Å². The molecule has 6 nitrogen and oxygen atoms in total. The molecule has 7 heteroatoms. The van der Waals surface area contributed by atoms with Crippen LogP contribution in [-0.2, 0) is 14.8 Å². The average Bonchev–Trinajstić information content (AvgIpc) is 2.48. The molecule has 0 radical (unpaired) electrons. The molecule has 23 heavy (non-hydrogen) atoms. The maximum absolute atomic E-state index is 12.6. The zero-order chi connectivity index (χ0) is 17.6. The predicted octanol–water partition coefficient (Wildman–Crippen LogP) is 2.52. The number of sulfonamides is 1. The molecule has 0 aromatic heterocycles. The molecule has 1 aromatic carbocycles. The Morgan fingerprint density at radius 1 is 1.13 bits per heavy atom. The highest BCUT2D eigenvalue weighted by atomic mass is 32.2. The van der Waals surface area contributed by atoms with E-state index in [-0.39, 0.29) is 10.8 Å². The fraction of sp³-hybridized carbons (Fsp3) is 0.562. The lowest BCUT2D eigenvalue weighted by atomic mass is 10.2. The van der Waals surface area contributed by atoms with Gasteiger partial charge in [-0.1, -0.05) is 20.8 Å². The zero-order valence-electron chi connectivity index (χ0n) is 14.6. The number of anilines is 2. The average molecular weight is 341 g/mol. The summed E-state index contributed by atoms with van der Waals surface area (Å²) in [4.78, 5) is 13.9. The molecule has 0 aliphatic heterocycles. The Bertz CT molecular complexity index is 638. The van der Waals surface area contributed by atoms with Crippen molar-refractivity contribution in [1.82, 2.24) is 4.31 Å². The number of hydrogen-bond donors (Lipinski definition) is 1. The van der Waals surface area contributed by atoms with Crippen LogP contribution in [0.5, 0.6) is 0 Å². The minimum atomic E-state index is -3.55. The monoisotopic (exact) mass is 341 g/mol. The highest BCUT2D eigenvalue weighted by Gasteiger charge is 2.23. The van der Waals surface area contributed by atoms with Gasteiger partial charge in [-0.2, -0.15) is 4.31 Å². The third-order valence-corrected chi connectivity index (χ3v) is 5.59. The van der Waals surface area contributed by atoms with Crippen LogP contribution in [0.15, 0.2) is 23.1 Å². The summed E-state index contributed by atoms with van der Waals surface area (Å²) < 4.78 is 26.7. The van der Waals surface area contributed by atoms with Crippen LogP contribution in [0.1, 0.15) is 33.6 Å². The molecule has 0 saturated carbocycles. The van der Waals surface area contributed by atoms with Gasteiger partial charge in [0.25, 0.3) is 0 Å². The minimum absolute atomic E-state index is 0.118. The summed E-state index contributed by atoms with van der Waals surface area (Å²) in [6.45, 7) is 6.35. The molecular formula is C16H27N3O3S. The maximum atomic E-state index is 12.6. The lowest BCUT2D eigenvalue weighted by Gasteiger charge is -2.22. The molecule has 0 aliphatic carbocycles. The highest BCUT2D eigenvalue weighted by molar-refractivity contribution is 7.89. The molecule has 0 atom stereocenters. The highest BCUT2D eigenvalue weighted by Crippen LogP contribution is 2.29. The molecule has 1 amide bonds. The molecule has 0 unspecified atom stereocenters. The first kappa shape index (κ1) is 19.4. The van der Waals surface area contributed by atoms with Crippen LogP contribution in [0, 0.1) is 0 Å². The van der Waals surface area contributed by atoms with E-state index >= 15 is 0 Å². The summed E-state index contributed by atoms with van der Waals surface area (Å²) in [5.74, 6) is -0.118. The SMILES string of the molecule is CCCC(=O)Nc1cc(S(=O)(=O)N(CC)CC)ccc1N(C)C. The number of rotatable bonds is 8. The molecule has 0 saturated heterocycles. The van der Waals surface area contributed by atoms with Crippen molar-refractivity contribution in [2.75, 3.05) is 37.4 Å². The van der Waals surface area contributed by atoms with Crippen molar-refractivity contribution in [3.63, 3.8) is 0 Å². The van der Waals surface area contributed by atoms with E-state index in [0.29, 0.717) is 25.2 Å². The van der Waals surface area contributed by atoms with E-state index in [1.807, 2.05) is 25.9 Å². The van der Waals surface area contributed by atoms with Crippen molar-refractivity contribution in [1.29, 1.82) is 0 Å². The summed E-state index contributed by atoms with van der Waals surface area (Å²) in [5, 5.41) is 2.82. The number of nitrogens with one attached hydrogen (secondary N) is 1. The van der Waals surface area contributed by atoms with E-state index in [9.17, 15) is 13.2 Å². The van der Waals surface area contributed by atoms with Gasteiger partial charge in [0.15, 0.2) is 0 Å². The summed E-state index contributed by atoms with van der Waals surface area (Å²) in [7, 11) is 0.150. The number of hydrogen-bond acceptors (Lipinski definition) is 4. The largest absolute Gasteiger partial charge is 0.376 e. The Morgan fingerprint density at radius 3 is 2.22 bits per heavy atom. The van der Waals surface area contributed by atoms with E-state index in [1.54, 1.807) is 26.0 Å². The van der Waals surface area contributed by atoms with Crippen molar-refractivity contribution >= 4 is 27.3 Å². The molecular weight excluding hydrogens is 314 g/mol. The standard InChI is InChI=1S/C16H27N3O3S/c1-6-9-16(20)17-14-12-13(10-11-15(14)18(4)5)23(21,22)19(7-2)8-3/h10-12H,6-9H2,1-5H3,(H,17,20). The molecule has 1 rings (SSSR count). The number of amides is 1. The predicted molar refractivity (Wildman–Crippen MR) is 94.4 cm³/mol. The van der Waals surface area contributed by atoms with Crippen LogP contribution in [0.25, 0.3) is 0 Å². The van der Waals surface area contributed by atoms with Crippen LogP contribution in [0.4, 0.5) is 11.4 Å². The summed E-state index contributed by atoms with van der Waals surface area (Å²) in [6, 6.07) is 4.84. The van der Waals surface area contributed by atoms with E-state index in [2.05, 4.69) is 5.32 Å². The molecule has 0 spiro atoms. The fourth-order valence-electron chi connectivity index (χ4n) is 2.32. The maximum Gasteiger partial charge on any atom is 0.243 e. The van der Waals surface area contributed by atoms with E-state index in [0.717, 1.165) is 12.1 Å². The van der Waals surface area contributed by atoms with Crippen molar-refractivity contribution in [3.05, 3.63) is 18.2 Å². The van der Waals surface area contributed by atoms with Gasteiger partial charge in [0.1, 0.15) is 0 Å². The second kappa shape index (κ2) is 8.31. The Hall–Kier alpha value is -1.60. The van der Waals surface area contributed by atoms with Gasteiger partial charge in [-0.3, -0.25) is 4.79 Å². The van der Waals surface area contributed by atoms with E-state index in [1.165, 1.54) is 10.4 Å². The van der Waals surface area contributed by atoms with Crippen molar-refractivity contribution in [3.8, 4) is 0 Å². The summed E-state index contributed by atoms with van der Waals surface area (Å²) in [6.07, 6.45) is 1.14. The number of benzene rings is 1. The third-order valence-electron chi connectivity index (χ3n) is 3.54. The zero-order valence-corrected chi connectivity index (χ0v) is 15.4. The summed E-state index contributed by atoms with van der Waals surface area (Å²) in [5.41, 5.74) is 1.29. The Morgan fingerprint density at radius 2 is 1.74 bits per heavy atom. The molecule has 1 aromatic rings. The number of nitrogens with zero attached hydrogens (tertiary/aromatic N) is 2. The lowest BCUT2D eigenvalue weighted by molar-refractivity contribution is -0.116. The first-order valence-electron chi connectivity index (χ1n) is 7.89. The molecule has 0 aliphatic rings. The van der Waals surface area contributed by atoms with Gasteiger partial charge in [0, 0.05) is 33.6 Å². The third kappa shape index (κ3) is 4.68.